The minimum absolute atomic E-state index is 0.102. The second-order valence-electron chi connectivity index (χ2n) is 19.9. The van der Waals surface area contributed by atoms with Crippen LogP contribution in [0.4, 0.5) is 0 Å². The van der Waals surface area contributed by atoms with Crippen LogP contribution < -0.4 is 0 Å². The molecule has 0 aliphatic heterocycles. The van der Waals surface area contributed by atoms with E-state index in [-0.39, 0.29) is 37.5 Å². The molecule has 1 atom stereocenters. The lowest BCUT2D eigenvalue weighted by Gasteiger charge is -2.18. The highest BCUT2D eigenvalue weighted by molar-refractivity contribution is 5.71. The van der Waals surface area contributed by atoms with Gasteiger partial charge in [-0.05, 0) is 128 Å². The first kappa shape index (κ1) is 72.0. The monoisotopic (exact) mass is 1060 g/mol. The Morgan fingerprint density at radius 1 is 0.273 bits per heavy atom. The summed E-state index contributed by atoms with van der Waals surface area (Å²) in [6.45, 7) is 6.28. The minimum Gasteiger partial charge on any atom is -0.462 e. The van der Waals surface area contributed by atoms with E-state index in [9.17, 15) is 14.4 Å². The van der Waals surface area contributed by atoms with Crippen LogP contribution in [0.2, 0.25) is 0 Å². The van der Waals surface area contributed by atoms with Crippen molar-refractivity contribution in [2.24, 2.45) is 0 Å². The standard InChI is InChI=1S/C71H112O6/c1-4-7-10-13-15-17-19-21-23-25-27-29-30-31-32-33-34-35-36-37-38-39-40-42-43-45-47-49-51-53-55-58-61-64-70(73)76-67-68(66-75-69(72)63-60-57-12-9-6-3)77-71(74)65-62-59-56-54-52-50-48-46-44-41-28-26-24-22-20-18-16-14-11-8-5-2/h7-8,10-11,15-18,21-24,27-29,31-32,34-35,37-38,41,46,48,52,54,68H,4-6,9,12-14,19-20,25-26,30,33,36,39-40,42-45,47,49-51,53,55-67H2,1-3H3/b10-7-,11-8-,17-15-,18-16-,23-21-,24-22-,29-27-,32-31-,35-34-,38-37-,41-28-,48-46-,54-52-. The Bertz CT molecular complexity index is 1740. The van der Waals surface area contributed by atoms with Crippen LogP contribution in [-0.2, 0) is 28.6 Å². The van der Waals surface area contributed by atoms with E-state index >= 15 is 0 Å². The predicted molar refractivity (Wildman–Crippen MR) is 334 cm³/mol. The Labute approximate surface area is 473 Å². The molecule has 0 aliphatic carbocycles. The van der Waals surface area contributed by atoms with E-state index in [1.165, 1.54) is 57.8 Å². The number of hydrogen-bond acceptors (Lipinski definition) is 6. The first-order valence-electron chi connectivity index (χ1n) is 31.0. The molecular formula is C71H112O6. The zero-order chi connectivity index (χ0) is 55.7. The highest BCUT2D eigenvalue weighted by Gasteiger charge is 2.19. The van der Waals surface area contributed by atoms with E-state index < -0.39 is 6.10 Å². The second kappa shape index (κ2) is 63.6. The summed E-state index contributed by atoms with van der Waals surface area (Å²) in [5.41, 5.74) is 0. The number of unbranched alkanes of at least 4 members (excludes halogenated alkanes) is 17. The number of esters is 3. The van der Waals surface area contributed by atoms with E-state index in [1.54, 1.807) is 0 Å². The van der Waals surface area contributed by atoms with Crippen molar-refractivity contribution in [1.29, 1.82) is 0 Å². The van der Waals surface area contributed by atoms with Gasteiger partial charge in [0.25, 0.3) is 0 Å². The molecule has 0 radical (unpaired) electrons. The van der Waals surface area contributed by atoms with E-state index in [4.69, 9.17) is 14.2 Å². The maximum absolute atomic E-state index is 12.8. The number of rotatable bonds is 54. The van der Waals surface area contributed by atoms with Crippen LogP contribution in [0.15, 0.2) is 158 Å². The van der Waals surface area contributed by atoms with Gasteiger partial charge in [-0.1, -0.05) is 262 Å². The smallest absolute Gasteiger partial charge is 0.306 e. The van der Waals surface area contributed by atoms with Crippen molar-refractivity contribution in [1.82, 2.24) is 0 Å². The van der Waals surface area contributed by atoms with Gasteiger partial charge in [0.1, 0.15) is 13.2 Å². The molecule has 0 aromatic rings. The summed E-state index contributed by atoms with van der Waals surface area (Å²) >= 11 is 0. The first-order valence-corrected chi connectivity index (χ1v) is 31.0. The van der Waals surface area contributed by atoms with Gasteiger partial charge >= 0.3 is 17.9 Å². The van der Waals surface area contributed by atoms with Crippen molar-refractivity contribution in [3.8, 4) is 0 Å². The Hall–Kier alpha value is -4.97. The Morgan fingerprint density at radius 3 is 0.818 bits per heavy atom. The highest BCUT2D eigenvalue weighted by Crippen LogP contribution is 2.14. The topological polar surface area (TPSA) is 78.9 Å². The van der Waals surface area contributed by atoms with E-state index in [0.29, 0.717) is 19.3 Å². The van der Waals surface area contributed by atoms with Crippen LogP contribution in [0.1, 0.15) is 252 Å². The lowest BCUT2D eigenvalue weighted by atomic mass is 10.0. The number of allylic oxidation sites excluding steroid dienone is 26. The molecule has 0 amide bonds. The molecule has 0 aromatic carbocycles. The largest absolute Gasteiger partial charge is 0.462 e. The summed E-state index contributed by atoms with van der Waals surface area (Å²) in [5.74, 6) is -0.969. The maximum atomic E-state index is 12.8. The van der Waals surface area contributed by atoms with Gasteiger partial charge < -0.3 is 14.2 Å². The van der Waals surface area contributed by atoms with Gasteiger partial charge in [0.05, 0.1) is 0 Å². The van der Waals surface area contributed by atoms with E-state index in [1.807, 2.05) is 0 Å². The third-order valence-electron chi connectivity index (χ3n) is 12.5. The van der Waals surface area contributed by atoms with Crippen LogP contribution in [-0.4, -0.2) is 37.2 Å². The average Bonchev–Trinajstić information content (AvgIpc) is 3.43. The molecule has 0 aliphatic rings. The number of carbonyl (C=O) groups is 3. The quantitative estimate of drug-likeness (QED) is 0.0261. The Kier molecular flexibility index (Phi) is 59.5. The number of carbonyl (C=O) groups excluding carboxylic acids is 3. The van der Waals surface area contributed by atoms with Gasteiger partial charge in [-0.15, -0.1) is 0 Å². The van der Waals surface area contributed by atoms with Gasteiger partial charge in [0.15, 0.2) is 6.10 Å². The van der Waals surface area contributed by atoms with E-state index in [0.717, 1.165) is 148 Å². The molecular weight excluding hydrogens is 949 g/mol. The molecule has 0 bridgehead atoms. The van der Waals surface area contributed by atoms with Crippen LogP contribution in [0.25, 0.3) is 0 Å². The number of hydrogen-bond donors (Lipinski definition) is 0. The molecule has 432 valence electrons. The molecule has 6 heteroatoms. The van der Waals surface area contributed by atoms with Gasteiger partial charge in [-0.3, -0.25) is 14.4 Å². The van der Waals surface area contributed by atoms with Crippen molar-refractivity contribution in [3.05, 3.63) is 158 Å². The first-order chi connectivity index (χ1) is 38.0. The summed E-state index contributed by atoms with van der Waals surface area (Å²) in [7, 11) is 0. The van der Waals surface area contributed by atoms with Gasteiger partial charge in [0.2, 0.25) is 0 Å². The third kappa shape index (κ3) is 61.8. The normalized spacial score (nSPS) is 13.2. The van der Waals surface area contributed by atoms with Crippen molar-refractivity contribution >= 4 is 17.9 Å². The van der Waals surface area contributed by atoms with Gasteiger partial charge in [0, 0.05) is 19.3 Å². The molecule has 0 saturated carbocycles. The summed E-state index contributed by atoms with van der Waals surface area (Å²) in [6, 6.07) is 0. The lowest BCUT2D eigenvalue weighted by molar-refractivity contribution is -0.167. The Morgan fingerprint density at radius 2 is 0.506 bits per heavy atom. The van der Waals surface area contributed by atoms with Crippen LogP contribution >= 0.6 is 0 Å². The summed E-state index contributed by atoms with van der Waals surface area (Å²) in [4.78, 5) is 37.9. The second-order valence-corrected chi connectivity index (χ2v) is 19.9. The highest BCUT2D eigenvalue weighted by atomic mass is 16.6. The molecule has 0 rings (SSSR count). The third-order valence-corrected chi connectivity index (χ3v) is 12.5. The minimum atomic E-state index is -0.805. The maximum Gasteiger partial charge on any atom is 0.306 e. The van der Waals surface area contributed by atoms with Crippen molar-refractivity contribution < 1.29 is 28.6 Å². The molecule has 0 saturated heterocycles. The van der Waals surface area contributed by atoms with Crippen molar-refractivity contribution in [2.45, 2.75) is 258 Å². The van der Waals surface area contributed by atoms with Gasteiger partial charge in [-0.25, -0.2) is 0 Å². The summed E-state index contributed by atoms with van der Waals surface area (Å²) in [5, 5.41) is 0. The molecule has 0 aromatic heterocycles. The molecule has 1 unspecified atom stereocenters. The molecule has 0 fully saturated rings. The SMILES string of the molecule is CC/C=C\C/C=C\C/C=C\C/C=C\C/C=C\C/C=C\C/C=C\CCCCCCCCCCCCCC(=O)OCC(COC(=O)CCCCCCC)OC(=O)CCCC/C=C\C/C=C\C/C=C\C/C=C\C/C=C\C/C=C\CC. The van der Waals surface area contributed by atoms with Crippen molar-refractivity contribution in [3.63, 3.8) is 0 Å². The van der Waals surface area contributed by atoms with Gasteiger partial charge in [-0.2, -0.15) is 0 Å². The fourth-order valence-electron chi connectivity index (χ4n) is 7.95. The average molecular weight is 1060 g/mol. The van der Waals surface area contributed by atoms with Crippen LogP contribution in [0.5, 0.6) is 0 Å². The van der Waals surface area contributed by atoms with Crippen LogP contribution in [0.3, 0.4) is 0 Å². The van der Waals surface area contributed by atoms with Crippen LogP contribution in [0, 0.1) is 0 Å². The predicted octanol–water partition coefficient (Wildman–Crippen LogP) is 21.3. The van der Waals surface area contributed by atoms with E-state index in [2.05, 4.69) is 179 Å². The zero-order valence-electron chi connectivity index (χ0n) is 49.4. The van der Waals surface area contributed by atoms with Crippen molar-refractivity contribution in [2.75, 3.05) is 13.2 Å². The lowest BCUT2D eigenvalue weighted by Crippen LogP contribution is -2.30. The molecule has 0 spiro atoms. The number of ether oxygens (including phenoxy) is 3. The summed E-state index contributed by atoms with van der Waals surface area (Å²) < 4.78 is 16.7. The Balaban J connectivity index is 4.13. The molecule has 0 heterocycles. The fourth-order valence-corrected chi connectivity index (χ4v) is 7.95. The zero-order valence-corrected chi connectivity index (χ0v) is 49.4. The molecule has 77 heavy (non-hydrogen) atoms. The molecule has 6 nitrogen and oxygen atoms in total. The fraction of sp³-hybridized carbons (Fsp3) is 0.592. The summed E-state index contributed by atoms with van der Waals surface area (Å²) in [6.07, 6.45) is 93.0. The molecule has 0 N–H and O–H groups in total.